The van der Waals surface area contributed by atoms with Crippen LogP contribution in [-0.4, -0.2) is 18.5 Å². The molecule has 3 aromatic heterocycles. The summed E-state index contributed by atoms with van der Waals surface area (Å²) in [7, 11) is 3.09. The second-order valence-corrected chi connectivity index (χ2v) is 4.42. The molecule has 0 bridgehead atoms. The van der Waals surface area contributed by atoms with E-state index in [-0.39, 0.29) is 11.2 Å². The van der Waals surface area contributed by atoms with E-state index in [4.69, 9.17) is 0 Å². The highest BCUT2D eigenvalue weighted by atomic mass is 32.1. The van der Waals surface area contributed by atoms with Crippen LogP contribution in [0.5, 0.6) is 0 Å². The number of imidazole rings is 1. The van der Waals surface area contributed by atoms with Crippen molar-refractivity contribution in [1.29, 1.82) is 0 Å². The van der Waals surface area contributed by atoms with Crippen LogP contribution in [0.25, 0.3) is 16.1 Å². The lowest BCUT2D eigenvalue weighted by molar-refractivity contribution is 0.706. The summed E-state index contributed by atoms with van der Waals surface area (Å²) in [5.74, 6) is 0. The number of hydrogen-bond donors (Lipinski definition) is 0. The van der Waals surface area contributed by atoms with Gasteiger partial charge in [0.15, 0.2) is 16.1 Å². The Bertz CT molecular complexity index is 820. The first-order valence-electron chi connectivity index (χ1n) is 4.62. The molecule has 0 unspecified atom stereocenters. The molecule has 6 nitrogen and oxygen atoms in total. The van der Waals surface area contributed by atoms with Crippen molar-refractivity contribution in [2.75, 3.05) is 0 Å². The maximum absolute atomic E-state index is 11.8. The van der Waals surface area contributed by atoms with Crippen molar-refractivity contribution in [3.8, 4) is 0 Å². The Labute approximate surface area is 93.0 Å². The normalized spacial score (nSPS) is 11.6. The second-order valence-electron chi connectivity index (χ2n) is 3.55. The lowest BCUT2D eigenvalue weighted by Gasteiger charge is -2.02. The third kappa shape index (κ3) is 0.929. The van der Waals surface area contributed by atoms with Crippen molar-refractivity contribution in [2.24, 2.45) is 14.1 Å². The van der Waals surface area contributed by atoms with Crippen molar-refractivity contribution in [3.63, 3.8) is 0 Å². The summed E-state index contributed by atoms with van der Waals surface area (Å²) in [6, 6.07) is 0. The third-order valence-electron chi connectivity index (χ3n) is 2.64. The van der Waals surface area contributed by atoms with Crippen molar-refractivity contribution < 1.29 is 0 Å². The zero-order valence-electron chi connectivity index (χ0n) is 8.67. The van der Waals surface area contributed by atoms with E-state index in [0.29, 0.717) is 16.1 Å². The molecule has 0 fully saturated rings. The van der Waals surface area contributed by atoms with Gasteiger partial charge in [0.25, 0.3) is 5.56 Å². The summed E-state index contributed by atoms with van der Waals surface area (Å²) < 4.78 is 4.26. The fourth-order valence-corrected chi connectivity index (χ4v) is 2.51. The van der Waals surface area contributed by atoms with E-state index >= 15 is 0 Å². The molecular weight excluding hydrogens is 228 g/mol. The van der Waals surface area contributed by atoms with Gasteiger partial charge >= 0.3 is 5.69 Å². The molecule has 0 spiro atoms. The molecule has 0 saturated carbocycles. The van der Waals surface area contributed by atoms with Gasteiger partial charge in [0, 0.05) is 25.7 Å². The smallest absolute Gasteiger partial charge is 0.280 e. The summed E-state index contributed by atoms with van der Waals surface area (Å²) in [6.45, 7) is 0. The van der Waals surface area contributed by atoms with Crippen LogP contribution in [0.2, 0.25) is 0 Å². The molecule has 82 valence electrons. The van der Waals surface area contributed by atoms with Crippen LogP contribution in [0.1, 0.15) is 0 Å². The highest BCUT2D eigenvalue weighted by Crippen LogP contribution is 2.15. The summed E-state index contributed by atoms with van der Waals surface area (Å²) in [5.41, 5.74) is 0.181. The first kappa shape index (κ1) is 9.34. The number of thiazole rings is 1. The Morgan fingerprint density at radius 3 is 2.75 bits per heavy atom. The highest BCUT2D eigenvalue weighted by molar-refractivity contribution is 7.15. The molecule has 0 radical (unpaired) electrons. The molecule has 0 saturated heterocycles. The van der Waals surface area contributed by atoms with Crippen LogP contribution in [0.15, 0.2) is 21.2 Å². The molecule has 3 rings (SSSR count). The average Bonchev–Trinajstić information content (AvgIpc) is 2.82. The highest BCUT2D eigenvalue weighted by Gasteiger charge is 2.14. The maximum atomic E-state index is 11.8. The predicted octanol–water partition coefficient (Wildman–Crippen LogP) is -0.0536. The zero-order valence-corrected chi connectivity index (χ0v) is 9.48. The Kier molecular flexibility index (Phi) is 1.65. The SMILES string of the molecule is Cn1c(=O)c2nc3sccn3c2n(C)c1=O. The van der Waals surface area contributed by atoms with Crippen molar-refractivity contribution in [2.45, 2.75) is 0 Å². The lowest BCUT2D eigenvalue weighted by atomic mass is 10.5. The number of rotatable bonds is 0. The minimum atomic E-state index is -0.353. The second kappa shape index (κ2) is 2.82. The van der Waals surface area contributed by atoms with Crippen LogP contribution in [0.4, 0.5) is 0 Å². The van der Waals surface area contributed by atoms with Crippen LogP contribution >= 0.6 is 11.3 Å². The molecule has 0 aliphatic carbocycles. The van der Waals surface area contributed by atoms with Gasteiger partial charge in [-0.1, -0.05) is 0 Å². The molecular formula is C9H8N4O2S. The van der Waals surface area contributed by atoms with E-state index in [9.17, 15) is 9.59 Å². The number of nitrogens with zero attached hydrogens (tertiary/aromatic N) is 4. The molecule has 0 N–H and O–H groups in total. The Hall–Kier alpha value is -1.89. The van der Waals surface area contributed by atoms with Crippen molar-refractivity contribution in [1.82, 2.24) is 18.5 Å². The van der Waals surface area contributed by atoms with Gasteiger partial charge < -0.3 is 0 Å². The van der Waals surface area contributed by atoms with Gasteiger partial charge in [-0.2, -0.15) is 0 Å². The van der Waals surface area contributed by atoms with Gasteiger partial charge in [-0.05, 0) is 0 Å². The first-order valence-corrected chi connectivity index (χ1v) is 5.50. The average molecular weight is 236 g/mol. The summed E-state index contributed by atoms with van der Waals surface area (Å²) in [5, 5.41) is 1.86. The number of aromatic nitrogens is 4. The maximum Gasteiger partial charge on any atom is 0.332 e. The predicted molar refractivity (Wildman–Crippen MR) is 61.1 cm³/mol. The van der Waals surface area contributed by atoms with Crippen LogP contribution < -0.4 is 11.2 Å². The summed E-state index contributed by atoms with van der Waals surface area (Å²) in [6.07, 6.45) is 1.80. The fourth-order valence-electron chi connectivity index (χ4n) is 1.80. The Morgan fingerprint density at radius 2 is 2.00 bits per heavy atom. The van der Waals surface area contributed by atoms with Gasteiger partial charge in [-0.15, -0.1) is 11.3 Å². The van der Waals surface area contributed by atoms with Gasteiger partial charge in [0.05, 0.1) is 0 Å². The fraction of sp³-hybridized carbons (Fsp3) is 0.222. The Morgan fingerprint density at radius 1 is 1.25 bits per heavy atom. The molecule has 0 aromatic carbocycles. The van der Waals surface area contributed by atoms with Crippen molar-refractivity contribution in [3.05, 3.63) is 32.4 Å². The minimum Gasteiger partial charge on any atom is -0.280 e. The van der Waals surface area contributed by atoms with Crippen LogP contribution in [0, 0.1) is 0 Å². The monoisotopic (exact) mass is 236 g/mol. The molecule has 0 atom stereocenters. The molecule has 16 heavy (non-hydrogen) atoms. The van der Waals surface area contributed by atoms with Crippen LogP contribution in [0.3, 0.4) is 0 Å². The quantitative estimate of drug-likeness (QED) is 0.549. The van der Waals surface area contributed by atoms with Crippen LogP contribution in [-0.2, 0) is 14.1 Å². The largest absolute Gasteiger partial charge is 0.332 e. The van der Waals surface area contributed by atoms with E-state index in [1.165, 1.54) is 23.0 Å². The van der Waals surface area contributed by atoms with Gasteiger partial charge in [0.2, 0.25) is 0 Å². The number of fused-ring (bicyclic) bond motifs is 3. The lowest BCUT2D eigenvalue weighted by Crippen LogP contribution is -2.37. The molecule has 0 aliphatic heterocycles. The Balaban J connectivity index is 2.79. The number of aryl methyl sites for hydroxylation is 1. The molecule has 7 heteroatoms. The molecule has 3 heterocycles. The van der Waals surface area contributed by atoms with E-state index in [0.717, 1.165) is 4.57 Å². The van der Waals surface area contributed by atoms with Gasteiger partial charge in [-0.3, -0.25) is 18.3 Å². The minimum absolute atomic E-state index is 0.330. The van der Waals surface area contributed by atoms with E-state index in [1.54, 1.807) is 17.6 Å². The molecule has 0 amide bonds. The van der Waals surface area contributed by atoms with Crippen molar-refractivity contribution >= 4 is 27.5 Å². The van der Waals surface area contributed by atoms with Gasteiger partial charge in [0.1, 0.15) is 0 Å². The van der Waals surface area contributed by atoms with E-state index in [2.05, 4.69) is 4.98 Å². The summed E-state index contributed by atoms with van der Waals surface area (Å²) >= 11 is 1.43. The number of hydrogen-bond acceptors (Lipinski definition) is 4. The first-order chi connectivity index (χ1) is 7.61. The summed E-state index contributed by atoms with van der Waals surface area (Å²) in [4.78, 5) is 28.5. The molecule has 3 aromatic rings. The topological polar surface area (TPSA) is 61.3 Å². The standard InChI is InChI=1S/C9H8N4O2S/c1-11-6-5(7(14)12(2)9(11)15)10-8-13(6)3-4-16-8/h3-4H,1-2H3. The zero-order chi connectivity index (χ0) is 11.4. The van der Waals surface area contributed by atoms with E-state index < -0.39 is 0 Å². The third-order valence-corrected chi connectivity index (χ3v) is 3.39. The van der Waals surface area contributed by atoms with E-state index in [1.807, 2.05) is 5.38 Å². The molecule has 0 aliphatic rings. The van der Waals surface area contributed by atoms with Gasteiger partial charge in [-0.25, -0.2) is 9.78 Å².